The van der Waals surface area contributed by atoms with Crippen molar-refractivity contribution in [2.24, 2.45) is 0 Å². The topological polar surface area (TPSA) is 47.0 Å². The molecule has 0 aliphatic heterocycles. The summed E-state index contributed by atoms with van der Waals surface area (Å²) < 4.78 is 5.68. The second-order valence-electron chi connectivity index (χ2n) is 4.72. The van der Waals surface area contributed by atoms with Crippen molar-refractivity contribution in [2.75, 3.05) is 13.7 Å². The third-order valence-corrected chi connectivity index (χ3v) is 3.58. The van der Waals surface area contributed by atoms with Gasteiger partial charge < -0.3 is 10.1 Å². The Kier molecular flexibility index (Phi) is 4.66. The van der Waals surface area contributed by atoms with Crippen molar-refractivity contribution in [1.82, 2.24) is 15.3 Å². The van der Waals surface area contributed by atoms with Gasteiger partial charge in [-0.25, -0.2) is 9.97 Å². The molecule has 100 valence electrons. The van der Waals surface area contributed by atoms with Gasteiger partial charge in [-0.3, -0.25) is 0 Å². The molecular formula is C14H23N3O. The van der Waals surface area contributed by atoms with Gasteiger partial charge >= 0.3 is 0 Å². The highest BCUT2D eigenvalue weighted by atomic mass is 16.5. The number of nitrogens with one attached hydrogen (secondary N) is 1. The molecule has 4 heteroatoms. The van der Waals surface area contributed by atoms with Crippen LogP contribution in [0.2, 0.25) is 0 Å². The molecule has 0 spiro atoms. The Morgan fingerprint density at radius 2 is 2.33 bits per heavy atom. The van der Waals surface area contributed by atoms with Crippen LogP contribution in [0.1, 0.15) is 62.3 Å². The molecule has 0 amide bonds. The minimum absolute atomic E-state index is 0.0373. The Hall–Kier alpha value is -1.00. The smallest absolute Gasteiger partial charge is 0.157 e. The van der Waals surface area contributed by atoms with Crippen LogP contribution in [-0.2, 0) is 11.2 Å². The van der Waals surface area contributed by atoms with E-state index in [0.717, 1.165) is 18.7 Å². The number of nitrogens with zero attached hydrogens (tertiary/aromatic N) is 2. The highest BCUT2D eigenvalue weighted by molar-refractivity contribution is 5.24. The van der Waals surface area contributed by atoms with E-state index in [4.69, 9.17) is 9.72 Å². The molecule has 0 saturated heterocycles. The predicted octanol–water partition coefficient (Wildman–Crippen LogP) is 2.56. The minimum Gasteiger partial charge on any atom is -0.371 e. The van der Waals surface area contributed by atoms with Crippen LogP contribution in [0.25, 0.3) is 0 Å². The monoisotopic (exact) mass is 249 g/mol. The van der Waals surface area contributed by atoms with Gasteiger partial charge in [-0.2, -0.15) is 0 Å². The van der Waals surface area contributed by atoms with E-state index in [9.17, 15) is 0 Å². The molecule has 18 heavy (non-hydrogen) atoms. The lowest BCUT2D eigenvalue weighted by atomic mass is 9.92. The molecular weight excluding hydrogens is 226 g/mol. The maximum absolute atomic E-state index is 5.68. The van der Waals surface area contributed by atoms with Crippen LogP contribution in [-0.4, -0.2) is 23.6 Å². The number of rotatable bonds is 5. The van der Waals surface area contributed by atoms with Gasteiger partial charge in [0.1, 0.15) is 6.10 Å². The summed E-state index contributed by atoms with van der Waals surface area (Å²) in [6.45, 7) is 4.83. The lowest BCUT2D eigenvalue weighted by molar-refractivity contribution is 0.0532. The van der Waals surface area contributed by atoms with Crippen LogP contribution in [0.5, 0.6) is 0 Å². The Morgan fingerprint density at radius 1 is 1.50 bits per heavy atom. The van der Waals surface area contributed by atoms with Gasteiger partial charge in [-0.1, -0.05) is 6.92 Å². The van der Waals surface area contributed by atoms with Gasteiger partial charge in [-0.05, 0) is 39.7 Å². The summed E-state index contributed by atoms with van der Waals surface area (Å²) in [6.07, 6.45) is 6.37. The lowest BCUT2D eigenvalue weighted by Gasteiger charge is -2.25. The molecule has 0 fully saturated rings. The highest BCUT2D eigenvalue weighted by Crippen LogP contribution is 2.29. The van der Waals surface area contributed by atoms with E-state index >= 15 is 0 Å². The van der Waals surface area contributed by atoms with Gasteiger partial charge in [0.15, 0.2) is 5.82 Å². The molecule has 0 aromatic carbocycles. The molecule has 2 atom stereocenters. The van der Waals surface area contributed by atoms with Crippen LogP contribution < -0.4 is 5.32 Å². The summed E-state index contributed by atoms with van der Waals surface area (Å²) in [5, 5.41) is 3.34. The average molecular weight is 249 g/mol. The lowest BCUT2D eigenvalue weighted by Crippen LogP contribution is -2.23. The van der Waals surface area contributed by atoms with Crippen LogP contribution in [0, 0.1) is 0 Å². The average Bonchev–Trinajstić information content (AvgIpc) is 2.43. The van der Waals surface area contributed by atoms with Crippen molar-refractivity contribution in [3.63, 3.8) is 0 Å². The molecule has 1 heterocycles. The number of aryl methyl sites for hydroxylation is 1. The fourth-order valence-corrected chi connectivity index (χ4v) is 2.59. The Balaban J connectivity index is 2.25. The van der Waals surface area contributed by atoms with E-state index < -0.39 is 0 Å². The van der Waals surface area contributed by atoms with E-state index in [1.807, 2.05) is 20.2 Å². The van der Waals surface area contributed by atoms with E-state index in [0.29, 0.717) is 12.6 Å². The molecule has 2 unspecified atom stereocenters. The molecule has 1 aliphatic rings. The first-order chi connectivity index (χ1) is 8.80. The molecule has 1 aromatic heterocycles. The number of hydrogen-bond donors (Lipinski definition) is 1. The van der Waals surface area contributed by atoms with Crippen molar-refractivity contribution in [2.45, 2.75) is 51.7 Å². The molecule has 2 rings (SSSR count). The molecule has 1 aliphatic carbocycles. The summed E-state index contributed by atoms with van der Waals surface area (Å²) in [5.41, 5.74) is 2.46. The quantitative estimate of drug-likeness (QED) is 0.871. The molecule has 0 saturated carbocycles. The number of fused-ring (bicyclic) bond motifs is 1. The Bertz CT molecular complexity index is 395. The predicted molar refractivity (Wildman–Crippen MR) is 71.4 cm³/mol. The van der Waals surface area contributed by atoms with Crippen LogP contribution in [0.3, 0.4) is 0 Å². The third kappa shape index (κ3) is 2.70. The second kappa shape index (κ2) is 6.25. The van der Waals surface area contributed by atoms with Crippen molar-refractivity contribution in [3.8, 4) is 0 Å². The van der Waals surface area contributed by atoms with Crippen LogP contribution in [0.4, 0.5) is 0 Å². The zero-order valence-corrected chi connectivity index (χ0v) is 11.6. The highest BCUT2D eigenvalue weighted by Gasteiger charge is 2.22. The van der Waals surface area contributed by atoms with Crippen molar-refractivity contribution in [1.29, 1.82) is 0 Å². The third-order valence-electron chi connectivity index (χ3n) is 3.58. The first-order valence-electron chi connectivity index (χ1n) is 6.94. The SMILES string of the molecule is CCOC(CC)c1ncc2c(n1)CCCC2NC. The fourth-order valence-electron chi connectivity index (χ4n) is 2.59. The first kappa shape index (κ1) is 13.4. The maximum atomic E-state index is 5.68. The summed E-state index contributed by atoms with van der Waals surface area (Å²) in [7, 11) is 2.00. The van der Waals surface area contributed by atoms with Gasteiger partial charge in [0, 0.05) is 30.1 Å². The molecule has 1 N–H and O–H groups in total. The summed E-state index contributed by atoms with van der Waals surface area (Å²) in [6, 6.07) is 0.412. The van der Waals surface area contributed by atoms with Gasteiger partial charge in [0.2, 0.25) is 0 Å². The minimum atomic E-state index is 0.0373. The number of aromatic nitrogens is 2. The number of hydrogen-bond acceptors (Lipinski definition) is 4. The van der Waals surface area contributed by atoms with E-state index in [-0.39, 0.29) is 6.10 Å². The maximum Gasteiger partial charge on any atom is 0.157 e. The Labute approximate surface area is 109 Å². The molecule has 0 radical (unpaired) electrons. The van der Waals surface area contributed by atoms with E-state index in [1.165, 1.54) is 24.1 Å². The zero-order valence-electron chi connectivity index (χ0n) is 11.6. The van der Waals surface area contributed by atoms with Crippen molar-refractivity contribution < 1.29 is 4.74 Å². The van der Waals surface area contributed by atoms with Gasteiger partial charge in [-0.15, -0.1) is 0 Å². The van der Waals surface area contributed by atoms with Crippen LogP contribution in [0.15, 0.2) is 6.20 Å². The fraction of sp³-hybridized carbons (Fsp3) is 0.714. The van der Waals surface area contributed by atoms with Crippen molar-refractivity contribution >= 4 is 0 Å². The summed E-state index contributed by atoms with van der Waals surface area (Å²) >= 11 is 0. The summed E-state index contributed by atoms with van der Waals surface area (Å²) in [5.74, 6) is 0.842. The van der Waals surface area contributed by atoms with E-state index in [1.54, 1.807) is 0 Å². The zero-order chi connectivity index (χ0) is 13.0. The molecule has 4 nitrogen and oxygen atoms in total. The van der Waals surface area contributed by atoms with Gasteiger partial charge in [0.05, 0.1) is 0 Å². The first-order valence-corrected chi connectivity index (χ1v) is 6.94. The number of ether oxygens (including phenoxy) is 1. The van der Waals surface area contributed by atoms with E-state index in [2.05, 4.69) is 17.2 Å². The van der Waals surface area contributed by atoms with Gasteiger partial charge in [0.25, 0.3) is 0 Å². The normalized spacial score (nSPS) is 20.5. The largest absolute Gasteiger partial charge is 0.371 e. The molecule has 1 aromatic rings. The summed E-state index contributed by atoms with van der Waals surface area (Å²) in [4.78, 5) is 9.23. The van der Waals surface area contributed by atoms with Crippen LogP contribution >= 0.6 is 0 Å². The second-order valence-corrected chi connectivity index (χ2v) is 4.72. The van der Waals surface area contributed by atoms with Crippen molar-refractivity contribution in [3.05, 3.63) is 23.3 Å². The Morgan fingerprint density at radius 3 is 3.00 bits per heavy atom. The standard InChI is InChI=1S/C14H23N3O/c1-4-13(18-5-2)14-16-9-10-11(15-3)7-6-8-12(10)17-14/h9,11,13,15H,4-8H2,1-3H3. The molecule has 0 bridgehead atoms.